The molecule has 0 aromatic carbocycles. The molecule has 1 N–H and O–H groups in total. The third-order valence-electron chi connectivity index (χ3n) is 1.18. The maximum Gasteiger partial charge on any atom is 0.284 e. The summed E-state index contributed by atoms with van der Waals surface area (Å²) in [7, 11) is 0. The summed E-state index contributed by atoms with van der Waals surface area (Å²) in [5.41, 5.74) is 0.410. The zero-order chi connectivity index (χ0) is 6.97. The Hall–Kier alpha value is -1.58. The van der Waals surface area contributed by atoms with Gasteiger partial charge >= 0.3 is 0 Å². The lowest BCUT2D eigenvalue weighted by molar-refractivity contribution is 0.344. The molecule has 0 radical (unpaired) electrons. The van der Waals surface area contributed by atoms with E-state index in [1.165, 1.54) is 12.4 Å². The van der Waals surface area contributed by atoms with Gasteiger partial charge in [0.25, 0.3) is 5.95 Å². The highest BCUT2D eigenvalue weighted by Crippen LogP contribution is 2.19. The van der Waals surface area contributed by atoms with E-state index in [1.807, 2.05) is 0 Å². The van der Waals surface area contributed by atoms with Crippen molar-refractivity contribution in [3.05, 3.63) is 18.6 Å². The molecular formula is C6H4N2O2. The number of aromatic nitrogens is 2. The fraction of sp³-hybridized carbons (Fsp3) is 0. The highest BCUT2D eigenvalue weighted by molar-refractivity contribution is 5.73. The summed E-state index contributed by atoms with van der Waals surface area (Å²) in [5, 5.41) is 9.53. The third kappa shape index (κ3) is 0.621. The van der Waals surface area contributed by atoms with Crippen molar-refractivity contribution in [3.8, 4) is 5.95 Å². The molecule has 0 amide bonds. The van der Waals surface area contributed by atoms with Crippen LogP contribution in [0.25, 0.3) is 11.1 Å². The van der Waals surface area contributed by atoms with Crippen molar-refractivity contribution in [1.29, 1.82) is 0 Å². The van der Waals surface area contributed by atoms with E-state index in [4.69, 9.17) is 9.52 Å². The number of rotatable bonds is 0. The second-order valence-corrected chi connectivity index (χ2v) is 1.87. The Labute approximate surface area is 56.1 Å². The molecule has 4 nitrogen and oxygen atoms in total. The van der Waals surface area contributed by atoms with E-state index in [0.29, 0.717) is 11.1 Å². The predicted octanol–water partition coefficient (Wildman–Crippen LogP) is 0.928. The zero-order valence-corrected chi connectivity index (χ0v) is 4.98. The first-order valence-electron chi connectivity index (χ1n) is 2.75. The number of furan rings is 1. The van der Waals surface area contributed by atoms with Crippen LogP contribution in [0.5, 0.6) is 5.95 Å². The fourth-order valence-corrected chi connectivity index (χ4v) is 0.775. The van der Waals surface area contributed by atoms with Crippen LogP contribution in [0.2, 0.25) is 0 Å². The quantitative estimate of drug-likeness (QED) is 0.585. The van der Waals surface area contributed by atoms with Gasteiger partial charge in [-0.1, -0.05) is 0 Å². The summed E-state index contributed by atoms with van der Waals surface area (Å²) in [4.78, 5) is 7.51. The molecule has 0 aliphatic carbocycles. The van der Waals surface area contributed by atoms with Gasteiger partial charge < -0.3 is 9.52 Å². The highest BCUT2D eigenvalue weighted by Gasteiger charge is 2.00. The van der Waals surface area contributed by atoms with Crippen molar-refractivity contribution in [2.24, 2.45) is 0 Å². The van der Waals surface area contributed by atoms with E-state index < -0.39 is 0 Å². The molecule has 0 saturated heterocycles. The first kappa shape index (κ1) is 5.22. The van der Waals surface area contributed by atoms with E-state index in [2.05, 4.69) is 9.97 Å². The van der Waals surface area contributed by atoms with Crippen molar-refractivity contribution < 1.29 is 9.52 Å². The van der Waals surface area contributed by atoms with Gasteiger partial charge in [-0.25, -0.2) is 9.97 Å². The SMILES string of the molecule is Oc1cc2cncnc2o1. The number of aromatic hydroxyl groups is 1. The van der Waals surface area contributed by atoms with Gasteiger partial charge in [-0.15, -0.1) is 0 Å². The molecule has 0 atom stereocenters. The minimum Gasteiger partial charge on any atom is -0.481 e. The van der Waals surface area contributed by atoms with Crippen LogP contribution in [0.4, 0.5) is 0 Å². The lowest BCUT2D eigenvalue weighted by Gasteiger charge is -1.80. The largest absolute Gasteiger partial charge is 0.481 e. The number of nitrogens with zero attached hydrogens (tertiary/aromatic N) is 2. The van der Waals surface area contributed by atoms with Gasteiger partial charge in [0.2, 0.25) is 5.71 Å². The second-order valence-electron chi connectivity index (χ2n) is 1.87. The molecule has 0 aliphatic heterocycles. The van der Waals surface area contributed by atoms with Crippen molar-refractivity contribution in [2.75, 3.05) is 0 Å². The summed E-state index contributed by atoms with van der Waals surface area (Å²) in [6.45, 7) is 0. The summed E-state index contributed by atoms with van der Waals surface area (Å²) in [6.07, 6.45) is 2.94. The Kier molecular flexibility index (Phi) is 0.887. The molecular weight excluding hydrogens is 132 g/mol. The summed E-state index contributed by atoms with van der Waals surface area (Å²) in [6, 6.07) is 1.47. The van der Waals surface area contributed by atoms with Gasteiger partial charge in [-0.05, 0) is 0 Å². The molecule has 50 valence electrons. The van der Waals surface area contributed by atoms with Crippen molar-refractivity contribution in [3.63, 3.8) is 0 Å². The summed E-state index contributed by atoms with van der Waals surface area (Å²) in [5.74, 6) is -0.129. The monoisotopic (exact) mass is 136 g/mol. The van der Waals surface area contributed by atoms with E-state index in [0.717, 1.165) is 0 Å². The van der Waals surface area contributed by atoms with Crippen LogP contribution >= 0.6 is 0 Å². The minimum absolute atomic E-state index is 0.129. The Bertz CT molecular complexity index is 322. The molecule has 0 bridgehead atoms. The van der Waals surface area contributed by atoms with Gasteiger partial charge in [-0.3, -0.25) is 0 Å². The molecule has 10 heavy (non-hydrogen) atoms. The molecule has 0 unspecified atom stereocenters. The molecule has 2 heterocycles. The summed E-state index contributed by atoms with van der Waals surface area (Å²) < 4.78 is 4.77. The molecule has 0 fully saturated rings. The van der Waals surface area contributed by atoms with Crippen molar-refractivity contribution in [2.45, 2.75) is 0 Å². The van der Waals surface area contributed by atoms with E-state index in [1.54, 1.807) is 6.20 Å². The van der Waals surface area contributed by atoms with Crippen LogP contribution in [0.15, 0.2) is 23.0 Å². The molecule has 2 rings (SSSR count). The molecule has 4 heteroatoms. The average molecular weight is 136 g/mol. The van der Waals surface area contributed by atoms with Gasteiger partial charge in [-0.2, -0.15) is 0 Å². The van der Waals surface area contributed by atoms with Crippen LogP contribution in [0.1, 0.15) is 0 Å². The number of hydrogen-bond acceptors (Lipinski definition) is 4. The average Bonchev–Trinajstić information content (AvgIpc) is 2.27. The molecule has 0 saturated carbocycles. The van der Waals surface area contributed by atoms with Crippen LogP contribution in [0, 0.1) is 0 Å². The molecule has 2 aromatic rings. The third-order valence-corrected chi connectivity index (χ3v) is 1.18. The standard InChI is InChI=1S/C6H4N2O2/c9-5-1-4-2-7-3-8-6(4)10-5/h1-3,9H. The summed E-state index contributed by atoms with van der Waals surface area (Å²) >= 11 is 0. The first-order chi connectivity index (χ1) is 4.86. The maximum absolute atomic E-state index is 8.82. The van der Waals surface area contributed by atoms with E-state index in [-0.39, 0.29) is 5.95 Å². The lowest BCUT2D eigenvalue weighted by Crippen LogP contribution is -1.72. The first-order valence-corrected chi connectivity index (χ1v) is 2.75. The van der Waals surface area contributed by atoms with Gasteiger partial charge in [0.15, 0.2) is 0 Å². The Morgan fingerprint density at radius 3 is 3.20 bits per heavy atom. The normalized spacial score (nSPS) is 10.4. The Morgan fingerprint density at radius 1 is 1.50 bits per heavy atom. The number of fused-ring (bicyclic) bond motifs is 1. The lowest BCUT2D eigenvalue weighted by atomic mass is 10.4. The predicted molar refractivity (Wildman–Crippen MR) is 33.5 cm³/mol. The number of hydrogen-bond donors (Lipinski definition) is 1. The van der Waals surface area contributed by atoms with E-state index >= 15 is 0 Å². The molecule has 0 aliphatic rings. The van der Waals surface area contributed by atoms with Gasteiger partial charge in [0.1, 0.15) is 6.33 Å². The van der Waals surface area contributed by atoms with Crippen molar-refractivity contribution >= 4 is 11.1 Å². The van der Waals surface area contributed by atoms with Crippen LogP contribution in [-0.2, 0) is 0 Å². The highest BCUT2D eigenvalue weighted by atomic mass is 16.5. The van der Waals surface area contributed by atoms with Crippen LogP contribution in [0.3, 0.4) is 0 Å². The zero-order valence-electron chi connectivity index (χ0n) is 4.98. The second kappa shape index (κ2) is 1.70. The Balaban J connectivity index is 2.88. The topological polar surface area (TPSA) is 59.2 Å². The fourth-order valence-electron chi connectivity index (χ4n) is 0.775. The maximum atomic E-state index is 8.82. The molecule has 0 spiro atoms. The Morgan fingerprint density at radius 2 is 2.40 bits per heavy atom. The van der Waals surface area contributed by atoms with E-state index in [9.17, 15) is 0 Å². The van der Waals surface area contributed by atoms with Gasteiger partial charge in [0, 0.05) is 12.3 Å². The molecule has 2 aromatic heterocycles. The van der Waals surface area contributed by atoms with Crippen LogP contribution in [-0.4, -0.2) is 15.1 Å². The van der Waals surface area contributed by atoms with Crippen LogP contribution < -0.4 is 0 Å². The van der Waals surface area contributed by atoms with Gasteiger partial charge in [0.05, 0.1) is 5.39 Å². The van der Waals surface area contributed by atoms with Crippen molar-refractivity contribution in [1.82, 2.24) is 9.97 Å². The minimum atomic E-state index is -0.129. The smallest absolute Gasteiger partial charge is 0.284 e.